The first-order valence-electron chi connectivity index (χ1n) is 10.6. The van der Waals surface area contributed by atoms with Crippen molar-refractivity contribution in [1.82, 2.24) is 9.97 Å². The van der Waals surface area contributed by atoms with Crippen molar-refractivity contribution in [2.24, 2.45) is 5.92 Å². The number of carboxylic acid groups (broad SMARTS) is 1. The van der Waals surface area contributed by atoms with Gasteiger partial charge in [0, 0.05) is 35.5 Å². The number of halogens is 1. The highest BCUT2D eigenvalue weighted by Gasteiger charge is 2.39. The SMILES string of the molecule is Cc1c(-c2cc3cc(N(C(=O)O)[C@@H]4CC[C@H]4C#N)ncc3c(N)c2F)cnc2c1NCCO2. The van der Waals surface area contributed by atoms with Crippen LogP contribution in [0.1, 0.15) is 18.4 Å². The number of hydrogen-bond donors (Lipinski definition) is 3. The molecule has 2 aromatic heterocycles. The second kappa shape index (κ2) is 7.78. The highest BCUT2D eigenvalue weighted by molar-refractivity contribution is 6.00. The lowest BCUT2D eigenvalue weighted by Crippen LogP contribution is -2.49. The molecule has 0 spiro atoms. The number of nitriles is 1. The zero-order valence-electron chi connectivity index (χ0n) is 17.8. The van der Waals surface area contributed by atoms with Gasteiger partial charge in [0.05, 0.1) is 23.7 Å². The van der Waals surface area contributed by atoms with Crippen LogP contribution in [-0.4, -0.2) is 40.4 Å². The van der Waals surface area contributed by atoms with Crippen molar-refractivity contribution < 1.29 is 19.0 Å². The minimum absolute atomic E-state index is 0.0803. The highest BCUT2D eigenvalue weighted by Crippen LogP contribution is 2.40. The van der Waals surface area contributed by atoms with E-state index in [4.69, 9.17) is 10.5 Å². The van der Waals surface area contributed by atoms with Crippen LogP contribution in [0.5, 0.6) is 5.88 Å². The molecular formula is C23H21FN6O3. The topological polar surface area (TPSA) is 137 Å². The third kappa shape index (κ3) is 3.24. The van der Waals surface area contributed by atoms with Crippen LogP contribution >= 0.6 is 0 Å². The second-order valence-electron chi connectivity index (χ2n) is 8.20. The van der Waals surface area contributed by atoms with Gasteiger partial charge in [-0.05, 0) is 42.8 Å². The van der Waals surface area contributed by atoms with Crippen LogP contribution in [0, 0.1) is 30.0 Å². The summed E-state index contributed by atoms with van der Waals surface area (Å²) in [6.07, 6.45) is 2.95. The van der Waals surface area contributed by atoms with E-state index < -0.39 is 18.0 Å². The fraction of sp³-hybridized carbons (Fsp3) is 0.304. The molecule has 3 aromatic rings. The maximum Gasteiger partial charge on any atom is 0.413 e. The van der Waals surface area contributed by atoms with Gasteiger partial charge in [-0.2, -0.15) is 5.26 Å². The normalized spacial score (nSPS) is 18.9. The number of nitrogens with two attached hydrogens (primary N) is 1. The quantitative estimate of drug-likeness (QED) is 0.513. The Bertz CT molecular complexity index is 1340. The number of hydrogen-bond acceptors (Lipinski definition) is 7. The summed E-state index contributed by atoms with van der Waals surface area (Å²) in [5.41, 5.74) is 8.31. The summed E-state index contributed by atoms with van der Waals surface area (Å²) in [6.45, 7) is 2.96. The highest BCUT2D eigenvalue weighted by atomic mass is 19.1. The number of nitrogens with one attached hydrogen (secondary N) is 1. The van der Waals surface area contributed by atoms with E-state index in [0.29, 0.717) is 53.9 Å². The van der Waals surface area contributed by atoms with E-state index in [1.807, 2.05) is 6.92 Å². The lowest BCUT2D eigenvalue weighted by atomic mass is 9.79. The van der Waals surface area contributed by atoms with Crippen molar-refractivity contribution in [3.05, 3.63) is 35.9 Å². The van der Waals surface area contributed by atoms with Gasteiger partial charge in [0.15, 0.2) is 5.82 Å². The third-order valence-corrected chi connectivity index (χ3v) is 6.41. The van der Waals surface area contributed by atoms with Crippen molar-refractivity contribution in [3.8, 4) is 23.1 Å². The Morgan fingerprint density at radius 2 is 2.15 bits per heavy atom. The first kappa shape index (κ1) is 20.8. The van der Waals surface area contributed by atoms with Crippen LogP contribution in [0.3, 0.4) is 0 Å². The van der Waals surface area contributed by atoms with Gasteiger partial charge in [0.1, 0.15) is 18.1 Å². The van der Waals surface area contributed by atoms with Crippen LogP contribution in [0.25, 0.3) is 21.9 Å². The van der Waals surface area contributed by atoms with Crippen molar-refractivity contribution in [2.75, 3.05) is 29.1 Å². The maximum atomic E-state index is 15.3. The number of carbonyl (C=O) groups is 1. The number of aromatic nitrogens is 2. The summed E-state index contributed by atoms with van der Waals surface area (Å²) in [4.78, 5) is 21.6. The van der Waals surface area contributed by atoms with Crippen LogP contribution < -0.4 is 20.7 Å². The number of benzene rings is 1. The van der Waals surface area contributed by atoms with E-state index in [2.05, 4.69) is 21.4 Å². The lowest BCUT2D eigenvalue weighted by Gasteiger charge is -2.38. The van der Waals surface area contributed by atoms with Crippen LogP contribution in [-0.2, 0) is 0 Å². The number of ether oxygens (including phenoxy) is 1. The van der Waals surface area contributed by atoms with Gasteiger partial charge in [-0.1, -0.05) is 0 Å². The summed E-state index contributed by atoms with van der Waals surface area (Å²) < 4.78 is 20.9. The molecule has 9 nitrogen and oxygen atoms in total. The molecule has 1 saturated carbocycles. The zero-order chi connectivity index (χ0) is 23.3. The molecule has 0 unspecified atom stereocenters. The van der Waals surface area contributed by atoms with E-state index >= 15 is 4.39 Å². The van der Waals surface area contributed by atoms with Gasteiger partial charge in [-0.3, -0.25) is 4.90 Å². The van der Waals surface area contributed by atoms with Gasteiger partial charge in [0.2, 0.25) is 5.88 Å². The molecule has 1 amide bonds. The molecule has 1 aliphatic heterocycles. The molecule has 168 valence electrons. The number of pyridine rings is 2. The van der Waals surface area contributed by atoms with Gasteiger partial charge in [-0.25, -0.2) is 19.2 Å². The van der Waals surface area contributed by atoms with E-state index in [1.165, 1.54) is 6.20 Å². The molecule has 33 heavy (non-hydrogen) atoms. The molecule has 10 heteroatoms. The molecular weight excluding hydrogens is 427 g/mol. The molecule has 0 saturated heterocycles. The lowest BCUT2D eigenvalue weighted by molar-refractivity contribution is 0.188. The van der Waals surface area contributed by atoms with Crippen molar-refractivity contribution in [1.29, 1.82) is 5.26 Å². The van der Waals surface area contributed by atoms with Crippen molar-refractivity contribution in [3.63, 3.8) is 0 Å². The number of nitrogens with zero attached hydrogens (tertiary/aromatic N) is 4. The fourth-order valence-corrected chi connectivity index (χ4v) is 4.46. The van der Waals surface area contributed by atoms with Gasteiger partial charge in [0.25, 0.3) is 0 Å². The Labute approximate surface area is 188 Å². The van der Waals surface area contributed by atoms with Gasteiger partial charge < -0.3 is 20.9 Å². The van der Waals surface area contributed by atoms with E-state index in [1.54, 1.807) is 18.3 Å². The van der Waals surface area contributed by atoms with Crippen molar-refractivity contribution >= 4 is 34.1 Å². The molecule has 2 aliphatic rings. The minimum Gasteiger partial charge on any atom is -0.474 e. The van der Waals surface area contributed by atoms with Gasteiger partial charge >= 0.3 is 6.09 Å². The molecule has 1 aliphatic carbocycles. The first-order valence-corrected chi connectivity index (χ1v) is 10.6. The Balaban J connectivity index is 1.64. The smallest absolute Gasteiger partial charge is 0.413 e. The summed E-state index contributed by atoms with van der Waals surface area (Å²) in [6, 6.07) is 4.87. The van der Waals surface area contributed by atoms with E-state index in [9.17, 15) is 15.2 Å². The average Bonchev–Trinajstić information content (AvgIpc) is 2.79. The number of amides is 1. The number of nitrogen functional groups attached to an aromatic ring is 1. The number of anilines is 3. The molecule has 2 atom stereocenters. The second-order valence-corrected chi connectivity index (χ2v) is 8.20. The summed E-state index contributed by atoms with van der Waals surface area (Å²) in [5.74, 6) is -0.344. The Morgan fingerprint density at radius 3 is 2.85 bits per heavy atom. The summed E-state index contributed by atoms with van der Waals surface area (Å²) >= 11 is 0. The third-order valence-electron chi connectivity index (χ3n) is 6.41. The molecule has 1 aromatic carbocycles. The maximum absolute atomic E-state index is 15.3. The monoisotopic (exact) mass is 448 g/mol. The summed E-state index contributed by atoms with van der Waals surface area (Å²) in [7, 11) is 0. The zero-order valence-corrected chi connectivity index (χ0v) is 17.8. The fourth-order valence-electron chi connectivity index (χ4n) is 4.46. The van der Waals surface area contributed by atoms with E-state index in [0.717, 1.165) is 10.5 Å². The molecule has 0 radical (unpaired) electrons. The Hall–Kier alpha value is -4.13. The number of fused-ring (bicyclic) bond motifs is 2. The number of rotatable bonds is 3. The minimum atomic E-state index is -1.19. The molecule has 1 fully saturated rings. The van der Waals surface area contributed by atoms with Gasteiger partial charge in [-0.15, -0.1) is 0 Å². The van der Waals surface area contributed by atoms with Crippen LogP contribution in [0.2, 0.25) is 0 Å². The molecule has 5 rings (SSSR count). The van der Waals surface area contributed by atoms with Crippen LogP contribution in [0.4, 0.5) is 26.4 Å². The molecule has 0 bridgehead atoms. The Morgan fingerprint density at radius 1 is 1.33 bits per heavy atom. The standard InChI is InChI=1S/C23H21FN6O3/c1-11-15(9-29-22-21(11)27-4-5-33-22)14-6-13-7-18(28-10-16(13)20(26)19(14)24)30(23(31)32)17-3-2-12(17)8-25/h6-7,9-10,12,17,27H,2-5,26H2,1H3,(H,31,32)/t12-,17+/m0/s1. The summed E-state index contributed by atoms with van der Waals surface area (Å²) in [5, 5.41) is 23.2. The predicted molar refractivity (Wildman–Crippen MR) is 121 cm³/mol. The average molecular weight is 448 g/mol. The van der Waals surface area contributed by atoms with Crippen molar-refractivity contribution in [2.45, 2.75) is 25.8 Å². The molecule has 3 heterocycles. The Kier molecular flexibility index (Phi) is 4.89. The predicted octanol–water partition coefficient (Wildman–Crippen LogP) is 3.92. The van der Waals surface area contributed by atoms with E-state index in [-0.39, 0.29) is 23.0 Å². The largest absolute Gasteiger partial charge is 0.474 e. The first-order chi connectivity index (χ1) is 15.9. The molecule has 4 N–H and O–H groups in total. The van der Waals surface area contributed by atoms with Crippen LogP contribution in [0.15, 0.2) is 24.5 Å².